The summed E-state index contributed by atoms with van der Waals surface area (Å²) in [7, 11) is 0. The van der Waals surface area contributed by atoms with E-state index in [1.54, 1.807) is 24.3 Å². The fourth-order valence-electron chi connectivity index (χ4n) is 2.80. The number of nitrogens with one attached hydrogen (secondary N) is 2. The Morgan fingerprint density at radius 3 is 2.31 bits per heavy atom. The molecule has 0 saturated heterocycles. The number of hydrogen-bond acceptors (Lipinski definition) is 6. The highest BCUT2D eigenvalue weighted by Crippen LogP contribution is 2.22. The van der Waals surface area contributed by atoms with E-state index in [1.165, 1.54) is 6.33 Å². The number of amides is 3. The summed E-state index contributed by atoms with van der Waals surface area (Å²) in [6.45, 7) is -0.387. The van der Waals surface area contributed by atoms with E-state index >= 15 is 0 Å². The number of carbonyl (C=O) groups is 3. The molecule has 3 aromatic rings. The van der Waals surface area contributed by atoms with Crippen molar-refractivity contribution in [3.63, 3.8) is 0 Å². The first-order valence-electron chi connectivity index (χ1n) is 7.85. The van der Waals surface area contributed by atoms with E-state index in [1.807, 2.05) is 24.3 Å². The number of imide groups is 1. The maximum Gasteiger partial charge on any atom is 0.262 e. The van der Waals surface area contributed by atoms with Crippen LogP contribution in [0.25, 0.3) is 10.9 Å². The summed E-state index contributed by atoms with van der Waals surface area (Å²) in [5.41, 5.74) is 6.51. The first kappa shape index (κ1) is 15.7. The zero-order chi connectivity index (χ0) is 18.1. The number of fused-ring (bicyclic) bond motifs is 2. The predicted octanol–water partition coefficient (Wildman–Crippen LogP) is 1.37. The number of carbonyl (C=O) groups excluding carboxylic acids is 3. The van der Waals surface area contributed by atoms with Crippen molar-refractivity contribution in [1.29, 1.82) is 0 Å². The summed E-state index contributed by atoms with van der Waals surface area (Å²) in [6.07, 6.45) is 1.38. The van der Waals surface area contributed by atoms with Gasteiger partial charge in [0.2, 0.25) is 0 Å². The van der Waals surface area contributed by atoms with Gasteiger partial charge in [0, 0.05) is 5.39 Å². The normalized spacial score (nSPS) is 13.0. The van der Waals surface area contributed by atoms with Crippen LogP contribution in [0.4, 0.5) is 5.82 Å². The van der Waals surface area contributed by atoms with Gasteiger partial charge in [-0.2, -0.15) is 0 Å². The van der Waals surface area contributed by atoms with E-state index in [0.717, 1.165) is 15.8 Å². The van der Waals surface area contributed by atoms with Crippen LogP contribution in [0.2, 0.25) is 0 Å². The average Bonchev–Trinajstić information content (AvgIpc) is 2.91. The molecule has 2 N–H and O–H groups in total. The third-order valence-electron chi connectivity index (χ3n) is 4.04. The van der Waals surface area contributed by atoms with Crippen molar-refractivity contribution in [3.05, 3.63) is 66.0 Å². The molecule has 0 atom stereocenters. The van der Waals surface area contributed by atoms with Crippen LogP contribution in [0.1, 0.15) is 20.7 Å². The smallest absolute Gasteiger partial charge is 0.262 e. The zero-order valence-corrected chi connectivity index (χ0v) is 13.5. The fraction of sp³-hybridized carbons (Fsp3) is 0.0556. The fourth-order valence-corrected chi connectivity index (χ4v) is 2.80. The topological polar surface area (TPSA) is 104 Å². The predicted molar refractivity (Wildman–Crippen MR) is 93.1 cm³/mol. The summed E-state index contributed by atoms with van der Waals surface area (Å²) in [4.78, 5) is 45.9. The third kappa shape index (κ3) is 2.63. The molecule has 1 aliphatic heterocycles. The first-order valence-corrected chi connectivity index (χ1v) is 7.85. The highest BCUT2D eigenvalue weighted by Gasteiger charge is 2.36. The minimum Gasteiger partial charge on any atom is -0.281 e. The summed E-state index contributed by atoms with van der Waals surface area (Å²) < 4.78 is 0. The van der Waals surface area contributed by atoms with Gasteiger partial charge >= 0.3 is 0 Å². The molecule has 1 aromatic heterocycles. The Hall–Kier alpha value is -3.81. The van der Waals surface area contributed by atoms with E-state index in [0.29, 0.717) is 16.9 Å². The Bertz CT molecular complexity index is 1010. The Morgan fingerprint density at radius 1 is 0.923 bits per heavy atom. The molecule has 0 bridgehead atoms. The standard InChI is InChI=1S/C18H13N5O3/c24-15(9-23-17(25)11-5-1-2-6-12(11)18(23)26)21-22-16-13-7-3-4-8-14(13)19-10-20-16/h1-8,10H,9H2,(H,21,24)(H,19,20,22). The SMILES string of the molecule is O=C(CN1C(=O)c2ccccc2C1=O)NNc1ncnc2ccccc12. The molecule has 0 spiro atoms. The van der Waals surface area contributed by atoms with Gasteiger partial charge in [-0.15, -0.1) is 0 Å². The van der Waals surface area contributed by atoms with Crippen LogP contribution in [-0.2, 0) is 4.79 Å². The number of rotatable bonds is 4. The molecule has 128 valence electrons. The van der Waals surface area contributed by atoms with Gasteiger partial charge in [-0.1, -0.05) is 24.3 Å². The van der Waals surface area contributed by atoms with Crippen molar-refractivity contribution in [2.45, 2.75) is 0 Å². The number of nitrogens with zero attached hydrogens (tertiary/aromatic N) is 3. The van der Waals surface area contributed by atoms with Crippen molar-refractivity contribution in [1.82, 2.24) is 20.3 Å². The Kier molecular flexibility index (Phi) is 3.77. The lowest BCUT2D eigenvalue weighted by Gasteiger charge is -2.14. The summed E-state index contributed by atoms with van der Waals surface area (Å²) in [5, 5.41) is 0.732. The molecule has 2 heterocycles. The first-order chi connectivity index (χ1) is 12.6. The Balaban J connectivity index is 1.45. The van der Waals surface area contributed by atoms with Crippen molar-refractivity contribution < 1.29 is 14.4 Å². The lowest BCUT2D eigenvalue weighted by molar-refractivity contribution is -0.120. The van der Waals surface area contributed by atoms with Crippen LogP contribution in [0, 0.1) is 0 Å². The molecule has 0 radical (unpaired) electrons. The van der Waals surface area contributed by atoms with Gasteiger partial charge in [0.15, 0.2) is 5.82 Å². The Labute approximate surface area is 147 Å². The molecule has 3 amide bonds. The molecule has 0 saturated carbocycles. The van der Waals surface area contributed by atoms with Crippen molar-refractivity contribution in [2.24, 2.45) is 0 Å². The summed E-state index contributed by atoms with van der Waals surface area (Å²) in [5.74, 6) is -1.07. The van der Waals surface area contributed by atoms with Gasteiger partial charge in [-0.3, -0.25) is 30.1 Å². The molecule has 4 rings (SSSR count). The minimum atomic E-state index is -0.540. The number of hydrazine groups is 1. The monoisotopic (exact) mass is 347 g/mol. The second-order valence-electron chi connectivity index (χ2n) is 5.65. The molecular weight excluding hydrogens is 334 g/mol. The van der Waals surface area contributed by atoms with Crippen LogP contribution in [0.5, 0.6) is 0 Å². The van der Waals surface area contributed by atoms with E-state index < -0.39 is 17.7 Å². The van der Waals surface area contributed by atoms with Crippen molar-refractivity contribution >= 4 is 34.4 Å². The minimum absolute atomic E-state index is 0.306. The molecule has 1 aliphatic rings. The van der Waals surface area contributed by atoms with E-state index in [2.05, 4.69) is 20.8 Å². The lowest BCUT2D eigenvalue weighted by atomic mass is 10.1. The highest BCUT2D eigenvalue weighted by atomic mass is 16.2. The van der Waals surface area contributed by atoms with Gasteiger partial charge in [-0.05, 0) is 24.3 Å². The van der Waals surface area contributed by atoms with Gasteiger partial charge in [-0.25, -0.2) is 9.97 Å². The molecule has 0 fully saturated rings. The molecule has 8 heteroatoms. The van der Waals surface area contributed by atoms with Gasteiger partial charge in [0.05, 0.1) is 16.6 Å². The second kappa shape index (κ2) is 6.25. The molecule has 26 heavy (non-hydrogen) atoms. The van der Waals surface area contributed by atoms with Gasteiger partial charge < -0.3 is 0 Å². The maximum absolute atomic E-state index is 12.3. The number of hydrogen-bond donors (Lipinski definition) is 2. The van der Waals surface area contributed by atoms with E-state index in [-0.39, 0.29) is 6.54 Å². The van der Waals surface area contributed by atoms with Crippen molar-refractivity contribution in [2.75, 3.05) is 12.0 Å². The van der Waals surface area contributed by atoms with Crippen LogP contribution < -0.4 is 10.9 Å². The molecule has 0 aliphatic carbocycles. The van der Waals surface area contributed by atoms with Crippen LogP contribution in [0.15, 0.2) is 54.9 Å². The van der Waals surface area contributed by atoms with E-state index in [4.69, 9.17) is 0 Å². The quantitative estimate of drug-likeness (QED) is 0.546. The molecule has 2 aromatic carbocycles. The Morgan fingerprint density at radius 2 is 1.58 bits per heavy atom. The van der Waals surface area contributed by atoms with Crippen LogP contribution in [-0.4, -0.2) is 39.1 Å². The highest BCUT2D eigenvalue weighted by molar-refractivity contribution is 6.22. The molecular formula is C18H13N5O3. The van der Waals surface area contributed by atoms with E-state index in [9.17, 15) is 14.4 Å². The summed E-state index contributed by atoms with van der Waals surface area (Å²) in [6, 6.07) is 13.8. The lowest BCUT2D eigenvalue weighted by Crippen LogP contribution is -2.42. The average molecular weight is 347 g/mol. The molecule has 8 nitrogen and oxygen atoms in total. The van der Waals surface area contributed by atoms with Gasteiger partial charge in [0.25, 0.3) is 17.7 Å². The third-order valence-corrected chi connectivity index (χ3v) is 4.04. The van der Waals surface area contributed by atoms with Crippen LogP contribution in [0.3, 0.4) is 0 Å². The number of aromatic nitrogens is 2. The summed E-state index contributed by atoms with van der Waals surface area (Å²) >= 11 is 0. The maximum atomic E-state index is 12.3. The number of anilines is 1. The zero-order valence-electron chi connectivity index (χ0n) is 13.5. The van der Waals surface area contributed by atoms with Crippen molar-refractivity contribution in [3.8, 4) is 0 Å². The van der Waals surface area contributed by atoms with Crippen LogP contribution >= 0.6 is 0 Å². The molecule has 0 unspecified atom stereocenters. The van der Waals surface area contributed by atoms with Gasteiger partial charge in [0.1, 0.15) is 12.9 Å². The number of benzene rings is 2. The number of para-hydroxylation sites is 1. The largest absolute Gasteiger partial charge is 0.281 e. The second-order valence-corrected chi connectivity index (χ2v) is 5.65.